The molecule has 0 heterocycles. The molecule has 0 saturated heterocycles. The second kappa shape index (κ2) is 6.83. The van der Waals surface area contributed by atoms with E-state index in [1.807, 2.05) is 54.6 Å². The third-order valence-electron chi connectivity index (χ3n) is 3.84. The molecule has 3 aromatic rings. The smallest absolute Gasteiger partial charge is 0.308 e. The standard InChI is InChI=1S/C20H18O4/c1-13(21)24-18-12-17(20(22)23-2)19(14-8-4-3-5-9-14)16-11-7-6-10-15(16)18/h3-12,20,22H,1-2H3. The van der Waals surface area contributed by atoms with Crippen molar-refractivity contribution in [3.8, 4) is 16.9 Å². The van der Waals surface area contributed by atoms with Crippen molar-refractivity contribution in [2.24, 2.45) is 0 Å². The first-order chi connectivity index (χ1) is 11.6. The van der Waals surface area contributed by atoms with Crippen LogP contribution < -0.4 is 4.74 Å². The number of ether oxygens (including phenoxy) is 2. The summed E-state index contributed by atoms with van der Waals surface area (Å²) in [6.45, 7) is 1.35. The second-order valence-electron chi connectivity index (χ2n) is 5.43. The first-order valence-electron chi connectivity index (χ1n) is 7.62. The number of esters is 1. The lowest BCUT2D eigenvalue weighted by Crippen LogP contribution is -2.07. The van der Waals surface area contributed by atoms with Crippen molar-refractivity contribution in [3.63, 3.8) is 0 Å². The molecule has 0 amide bonds. The predicted octanol–water partition coefficient (Wildman–Crippen LogP) is 4.07. The van der Waals surface area contributed by atoms with Crippen LogP contribution in [0.4, 0.5) is 0 Å². The molecule has 3 aromatic carbocycles. The zero-order chi connectivity index (χ0) is 17.1. The van der Waals surface area contributed by atoms with E-state index in [2.05, 4.69) is 0 Å². The van der Waals surface area contributed by atoms with Crippen molar-refractivity contribution in [2.75, 3.05) is 7.11 Å². The van der Waals surface area contributed by atoms with Crippen LogP contribution in [-0.2, 0) is 9.53 Å². The summed E-state index contributed by atoms with van der Waals surface area (Å²) in [6.07, 6.45) is -1.13. The number of aliphatic hydroxyl groups excluding tert-OH is 1. The molecule has 0 aromatic heterocycles. The fourth-order valence-corrected chi connectivity index (χ4v) is 2.85. The van der Waals surface area contributed by atoms with E-state index in [1.54, 1.807) is 6.07 Å². The molecular weight excluding hydrogens is 304 g/mol. The fraction of sp³-hybridized carbons (Fsp3) is 0.150. The first kappa shape index (κ1) is 16.2. The molecule has 1 unspecified atom stereocenters. The van der Waals surface area contributed by atoms with E-state index in [-0.39, 0.29) is 0 Å². The van der Waals surface area contributed by atoms with Gasteiger partial charge in [0.15, 0.2) is 6.29 Å². The monoisotopic (exact) mass is 322 g/mol. The van der Waals surface area contributed by atoms with Crippen molar-refractivity contribution in [1.29, 1.82) is 0 Å². The lowest BCUT2D eigenvalue weighted by molar-refractivity contribution is -0.131. The van der Waals surface area contributed by atoms with Gasteiger partial charge in [-0.2, -0.15) is 0 Å². The minimum absolute atomic E-state index is 0.406. The summed E-state index contributed by atoms with van der Waals surface area (Å²) >= 11 is 0. The number of methoxy groups -OCH3 is 1. The van der Waals surface area contributed by atoms with E-state index < -0.39 is 12.3 Å². The average molecular weight is 322 g/mol. The Morgan fingerprint density at radius 2 is 1.62 bits per heavy atom. The van der Waals surface area contributed by atoms with Gasteiger partial charge in [-0.15, -0.1) is 0 Å². The summed E-state index contributed by atoms with van der Waals surface area (Å²) in [4.78, 5) is 11.4. The van der Waals surface area contributed by atoms with Crippen LogP contribution in [0.25, 0.3) is 21.9 Å². The zero-order valence-electron chi connectivity index (χ0n) is 13.5. The molecule has 1 N–H and O–H groups in total. The van der Waals surface area contributed by atoms with Crippen LogP contribution in [0.5, 0.6) is 5.75 Å². The average Bonchev–Trinajstić information content (AvgIpc) is 2.61. The molecule has 0 radical (unpaired) electrons. The second-order valence-corrected chi connectivity index (χ2v) is 5.43. The van der Waals surface area contributed by atoms with Gasteiger partial charge in [-0.05, 0) is 22.6 Å². The van der Waals surface area contributed by atoms with Gasteiger partial charge in [0.1, 0.15) is 5.75 Å². The summed E-state index contributed by atoms with van der Waals surface area (Å²) < 4.78 is 10.5. The topological polar surface area (TPSA) is 55.8 Å². The number of carbonyl (C=O) groups excluding carboxylic acids is 1. The highest BCUT2D eigenvalue weighted by atomic mass is 16.6. The van der Waals surface area contributed by atoms with E-state index in [4.69, 9.17) is 9.47 Å². The highest BCUT2D eigenvalue weighted by Crippen LogP contribution is 2.40. The van der Waals surface area contributed by atoms with Crippen LogP contribution >= 0.6 is 0 Å². The lowest BCUT2D eigenvalue weighted by Gasteiger charge is -2.19. The van der Waals surface area contributed by atoms with Crippen molar-refractivity contribution < 1.29 is 19.4 Å². The quantitative estimate of drug-likeness (QED) is 0.447. The van der Waals surface area contributed by atoms with Gasteiger partial charge in [0.25, 0.3) is 0 Å². The number of hydrogen-bond acceptors (Lipinski definition) is 4. The van der Waals surface area contributed by atoms with Crippen molar-refractivity contribution in [3.05, 3.63) is 66.2 Å². The number of aliphatic hydroxyl groups is 1. The number of fused-ring (bicyclic) bond motifs is 1. The molecule has 24 heavy (non-hydrogen) atoms. The van der Waals surface area contributed by atoms with Crippen LogP contribution in [0.1, 0.15) is 18.8 Å². The minimum atomic E-state index is -1.13. The van der Waals surface area contributed by atoms with Crippen molar-refractivity contribution in [1.82, 2.24) is 0 Å². The number of benzene rings is 3. The Morgan fingerprint density at radius 3 is 2.25 bits per heavy atom. The van der Waals surface area contributed by atoms with Gasteiger partial charge in [0.05, 0.1) is 0 Å². The van der Waals surface area contributed by atoms with Crippen LogP contribution in [0, 0.1) is 0 Å². The molecule has 3 rings (SSSR count). The van der Waals surface area contributed by atoms with Gasteiger partial charge in [0.2, 0.25) is 0 Å². The van der Waals surface area contributed by atoms with Gasteiger partial charge in [0, 0.05) is 25.0 Å². The molecule has 4 heteroatoms. The Morgan fingerprint density at radius 1 is 1.00 bits per heavy atom. The molecule has 0 bridgehead atoms. The van der Waals surface area contributed by atoms with Gasteiger partial charge in [-0.3, -0.25) is 4.79 Å². The van der Waals surface area contributed by atoms with E-state index in [0.717, 1.165) is 21.9 Å². The fourth-order valence-electron chi connectivity index (χ4n) is 2.85. The summed E-state index contributed by atoms with van der Waals surface area (Å²) in [5, 5.41) is 12.0. The molecule has 0 fully saturated rings. The summed E-state index contributed by atoms with van der Waals surface area (Å²) in [6, 6.07) is 19.1. The number of rotatable bonds is 4. The van der Waals surface area contributed by atoms with Crippen molar-refractivity contribution in [2.45, 2.75) is 13.2 Å². The van der Waals surface area contributed by atoms with Crippen LogP contribution in [0.3, 0.4) is 0 Å². The molecule has 1 atom stereocenters. The predicted molar refractivity (Wildman–Crippen MR) is 92.7 cm³/mol. The molecule has 0 aliphatic heterocycles. The largest absolute Gasteiger partial charge is 0.426 e. The normalized spacial score (nSPS) is 12.1. The highest BCUT2D eigenvalue weighted by molar-refractivity contribution is 6.02. The third kappa shape index (κ3) is 3.02. The Bertz CT molecular complexity index is 871. The maximum Gasteiger partial charge on any atom is 0.308 e. The molecular formula is C20H18O4. The minimum Gasteiger partial charge on any atom is -0.426 e. The molecule has 0 saturated carbocycles. The van der Waals surface area contributed by atoms with Gasteiger partial charge < -0.3 is 14.6 Å². The summed E-state index contributed by atoms with van der Waals surface area (Å²) in [5.74, 6) is -0.00523. The first-order valence-corrected chi connectivity index (χ1v) is 7.62. The SMILES string of the molecule is COC(O)c1cc(OC(C)=O)c2ccccc2c1-c1ccccc1. The van der Waals surface area contributed by atoms with Gasteiger partial charge >= 0.3 is 5.97 Å². The third-order valence-corrected chi connectivity index (χ3v) is 3.84. The van der Waals surface area contributed by atoms with E-state index >= 15 is 0 Å². The Labute approximate surface area is 140 Å². The molecule has 4 nitrogen and oxygen atoms in total. The molecule has 122 valence electrons. The van der Waals surface area contributed by atoms with Crippen LogP contribution in [0.15, 0.2) is 60.7 Å². The Kier molecular flexibility index (Phi) is 4.60. The summed E-state index contributed by atoms with van der Waals surface area (Å²) in [5.41, 5.74) is 2.37. The number of carbonyl (C=O) groups is 1. The molecule has 0 aliphatic carbocycles. The maximum absolute atomic E-state index is 11.4. The molecule has 0 aliphatic rings. The zero-order valence-corrected chi connectivity index (χ0v) is 13.5. The lowest BCUT2D eigenvalue weighted by atomic mass is 9.92. The maximum atomic E-state index is 11.4. The number of hydrogen-bond donors (Lipinski definition) is 1. The van der Waals surface area contributed by atoms with Gasteiger partial charge in [-0.25, -0.2) is 0 Å². The van der Waals surface area contributed by atoms with Gasteiger partial charge in [-0.1, -0.05) is 54.6 Å². The van der Waals surface area contributed by atoms with E-state index in [1.165, 1.54) is 14.0 Å². The Hall–Kier alpha value is -2.69. The summed E-state index contributed by atoms with van der Waals surface area (Å²) in [7, 11) is 1.43. The Balaban J connectivity index is 2.38. The van der Waals surface area contributed by atoms with Crippen molar-refractivity contribution >= 4 is 16.7 Å². The van der Waals surface area contributed by atoms with E-state index in [0.29, 0.717) is 11.3 Å². The highest BCUT2D eigenvalue weighted by Gasteiger charge is 2.20. The van der Waals surface area contributed by atoms with Crippen LogP contribution in [0.2, 0.25) is 0 Å². The van der Waals surface area contributed by atoms with Crippen LogP contribution in [-0.4, -0.2) is 18.2 Å². The molecule has 0 spiro atoms. The van der Waals surface area contributed by atoms with E-state index in [9.17, 15) is 9.90 Å².